The number of thiocarbonyl (C=S) groups is 1. The summed E-state index contributed by atoms with van der Waals surface area (Å²) in [7, 11) is 1.33. The number of aliphatic hydroxyl groups is 1. The minimum Gasteiger partial charge on any atom is -0.489 e. The van der Waals surface area contributed by atoms with Crippen molar-refractivity contribution < 1.29 is 42.6 Å². The number of nitrogens with zero attached hydrogens (tertiary/aromatic N) is 3. The Bertz CT molecular complexity index is 2380. The molecule has 2 unspecified atom stereocenters. The van der Waals surface area contributed by atoms with Crippen LogP contribution < -0.4 is 21.1 Å². The number of hydrogen-bond acceptors (Lipinski definition) is 9. The summed E-state index contributed by atoms with van der Waals surface area (Å²) in [4.78, 5) is 66.3. The summed E-state index contributed by atoms with van der Waals surface area (Å²) in [5.41, 5.74) is 10.2. The van der Waals surface area contributed by atoms with Crippen LogP contribution in [0.1, 0.15) is 116 Å². The first kappa shape index (κ1) is 44.5. The van der Waals surface area contributed by atoms with Crippen LogP contribution in [0.15, 0.2) is 66.9 Å². The highest BCUT2D eigenvalue weighted by molar-refractivity contribution is 7.80. The number of imide groups is 2. The predicted molar refractivity (Wildman–Crippen MR) is 234 cm³/mol. The molecule has 1 saturated heterocycles. The highest BCUT2D eigenvalue weighted by Crippen LogP contribution is 2.42. The lowest BCUT2D eigenvalue weighted by Gasteiger charge is -2.32. The summed E-state index contributed by atoms with van der Waals surface area (Å²) >= 11 is 5.20. The van der Waals surface area contributed by atoms with Gasteiger partial charge < -0.3 is 25.5 Å². The van der Waals surface area contributed by atoms with E-state index >= 15 is 0 Å². The topological polar surface area (TPSA) is 176 Å². The number of unbranched alkanes of at least 4 members (excludes halogenated alkanes) is 5. The normalized spacial score (nSPS) is 18.4. The van der Waals surface area contributed by atoms with Crippen molar-refractivity contribution in [1.29, 1.82) is 0 Å². The van der Waals surface area contributed by atoms with Crippen LogP contribution >= 0.6 is 12.2 Å². The summed E-state index contributed by atoms with van der Waals surface area (Å²) in [6, 6.07) is 16.8. The van der Waals surface area contributed by atoms with E-state index in [1.54, 1.807) is 6.07 Å². The number of anilines is 1. The summed E-state index contributed by atoms with van der Waals surface area (Å²) < 4.78 is 36.1. The van der Waals surface area contributed by atoms with Gasteiger partial charge in [-0.25, -0.2) is 8.78 Å². The SMILES string of the molecule is CN1C(=O)CCC(N2C(=O)c3cccc(OCC(O)NCCCCCCCCC(=O)Nc4ccc5c(-c6cccc(C(N)=S)c6)cn(C6CCC(F)(F)CC6)c5c4)c3C2=O)C1=O. The number of carbonyl (C=O) groups excluding carboxylic acids is 5. The number of likely N-dealkylation sites (tertiary alicyclic amines) is 1. The number of alkyl halides is 2. The van der Waals surface area contributed by atoms with Crippen LogP contribution in [-0.2, 0) is 14.4 Å². The fraction of sp³-hybridized carbons (Fsp3) is 0.435. The Balaban J connectivity index is 0.824. The molecule has 1 saturated carbocycles. The fourth-order valence-electron chi connectivity index (χ4n) is 8.65. The molecule has 4 aromatic rings. The number of nitrogens with one attached hydrogen (secondary N) is 2. The predicted octanol–water partition coefficient (Wildman–Crippen LogP) is 7.09. The molecule has 1 aliphatic carbocycles. The van der Waals surface area contributed by atoms with Crippen molar-refractivity contribution in [3.63, 3.8) is 0 Å². The van der Waals surface area contributed by atoms with Crippen LogP contribution in [0.4, 0.5) is 14.5 Å². The highest BCUT2D eigenvalue weighted by atomic mass is 32.1. The van der Waals surface area contributed by atoms with Gasteiger partial charge in [0.15, 0.2) is 0 Å². The zero-order valence-corrected chi connectivity index (χ0v) is 35.5. The Morgan fingerprint density at radius 1 is 0.935 bits per heavy atom. The highest BCUT2D eigenvalue weighted by Gasteiger charge is 2.47. The monoisotopic (exact) mass is 870 g/mol. The second-order valence-corrected chi connectivity index (χ2v) is 16.9. The van der Waals surface area contributed by atoms with Crippen molar-refractivity contribution in [3.8, 4) is 16.9 Å². The molecule has 16 heteroatoms. The van der Waals surface area contributed by atoms with Gasteiger partial charge in [-0.15, -0.1) is 0 Å². The zero-order valence-electron chi connectivity index (χ0n) is 34.7. The number of likely N-dealkylation sites (N-methyl/N-ethyl adjacent to an activating group) is 1. The van der Waals surface area contributed by atoms with Crippen molar-refractivity contribution in [2.45, 2.75) is 108 Å². The van der Waals surface area contributed by atoms with Crippen LogP contribution in [-0.4, -0.2) is 92.4 Å². The van der Waals surface area contributed by atoms with Crippen molar-refractivity contribution in [2.24, 2.45) is 5.73 Å². The molecule has 0 bridgehead atoms. The van der Waals surface area contributed by atoms with E-state index in [0.29, 0.717) is 36.5 Å². The third-order valence-corrected chi connectivity index (χ3v) is 12.3. The quantitative estimate of drug-likeness (QED) is 0.0350. The largest absolute Gasteiger partial charge is 0.489 e. The lowest BCUT2D eigenvalue weighted by molar-refractivity contribution is -0.149. The van der Waals surface area contributed by atoms with Gasteiger partial charge in [-0.1, -0.05) is 68.2 Å². The van der Waals surface area contributed by atoms with Crippen LogP contribution in [0.5, 0.6) is 5.75 Å². The van der Waals surface area contributed by atoms with E-state index in [1.165, 1.54) is 19.2 Å². The molecule has 328 valence electrons. The minimum atomic E-state index is -2.65. The van der Waals surface area contributed by atoms with Crippen molar-refractivity contribution in [1.82, 2.24) is 19.7 Å². The van der Waals surface area contributed by atoms with Gasteiger partial charge in [0.25, 0.3) is 17.7 Å². The van der Waals surface area contributed by atoms with Crippen LogP contribution in [0.25, 0.3) is 22.0 Å². The van der Waals surface area contributed by atoms with Crippen molar-refractivity contribution in [2.75, 3.05) is 25.5 Å². The van der Waals surface area contributed by atoms with Gasteiger partial charge in [0.1, 0.15) is 29.6 Å². The van der Waals surface area contributed by atoms with Gasteiger partial charge in [0.2, 0.25) is 17.7 Å². The summed E-state index contributed by atoms with van der Waals surface area (Å²) in [6.45, 7) is 0.347. The number of fused-ring (bicyclic) bond motifs is 2. The standard InChI is InChI=1S/C46H52F2N6O7S/c1-52-40(57)18-17-35(44(52)59)54-43(58)33-12-9-13-37(41(33)45(54)60)61-27-39(56)50-23-7-5-3-2-4-6-14-38(55)51-30-15-16-32-34(28-10-8-11-29(24-28)42(49)62)26-53(36(32)25-30)31-19-21-46(47,48)22-20-31/h8-13,15-16,24-26,31,35,39,50,56H,2-7,14,17-23,27H2,1H3,(H2,49,62)(H,51,55). The maximum absolute atomic E-state index is 14.1. The van der Waals surface area contributed by atoms with E-state index in [9.17, 15) is 37.9 Å². The zero-order chi connectivity index (χ0) is 44.1. The average Bonchev–Trinajstić information content (AvgIpc) is 3.75. The molecule has 62 heavy (non-hydrogen) atoms. The van der Waals surface area contributed by atoms with E-state index in [1.807, 2.05) is 48.7 Å². The third-order valence-electron chi connectivity index (χ3n) is 12.1. The van der Waals surface area contributed by atoms with E-state index in [-0.39, 0.29) is 67.0 Å². The lowest BCUT2D eigenvalue weighted by Crippen LogP contribution is -2.54. The number of benzene rings is 3. The van der Waals surface area contributed by atoms with Gasteiger partial charge in [0.05, 0.1) is 16.6 Å². The second kappa shape index (κ2) is 19.2. The van der Waals surface area contributed by atoms with Gasteiger partial charge in [-0.05, 0) is 74.5 Å². The smallest absolute Gasteiger partial charge is 0.266 e. The number of ether oxygens (including phenoxy) is 1. The minimum absolute atomic E-state index is 0.0291. The number of carbonyl (C=O) groups is 5. The van der Waals surface area contributed by atoms with Gasteiger partial charge in [-0.2, -0.15) is 0 Å². The molecule has 0 spiro atoms. The first-order chi connectivity index (χ1) is 29.7. The Kier molecular flexibility index (Phi) is 13.8. The maximum Gasteiger partial charge on any atom is 0.266 e. The Morgan fingerprint density at radius 2 is 1.66 bits per heavy atom. The molecule has 0 radical (unpaired) electrons. The third kappa shape index (κ3) is 9.87. The first-order valence-electron chi connectivity index (χ1n) is 21.3. The van der Waals surface area contributed by atoms with Crippen LogP contribution in [0, 0.1) is 0 Å². The molecule has 1 aromatic heterocycles. The number of rotatable bonds is 18. The summed E-state index contributed by atoms with van der Waals surface area (Å²) in [6.07, 6.45) is 7.04. The second-order valence-electron chi connectivity index (χ2n) is 16.4. The summed E-state index contributed by atoms with van der Waals surface area (Å²) in [5.74, 6) is -4.89. The molecule has 13 nitrogen and oxygen atoms in total. The number of aliphatic hydroxyl groups excluding tert-OH is 1. The summed E-state index contributed by atoms with van der Waals surface area (Å²) in [5, 5.41) is 17.5. The van der Waals surface area contributed by atoms with Crippen molar-refractivity contribution >= 4 is 63.3 Å². The molecule has 2 fully saturated rings. The molecule has 5 N–H and O–H groups in total. The van der Waals surface area contributed by atoms with E-state index in [4.69, 9.17) is 22.7 Å². The molecular weight excluding hydrogens is 819 g/mol. The first-order valence-corrected chi connectivity index (χ1v) is 21.7. The maximum atomic E-state index is 14.1. The molecular formula is C46H52F2N6O7S. The van der Waals surface area contributed by atoms with Gasteiger partial charge in [-0.3, -0.25) is 39.1 Å². The molecule has 3 heterocycles. The molecule has 7 rings (SSSR count). The molecule has 3 aliphatic rings. The fourth-order valence-corrected chi connectivity index (χ4v) is 8.78. The molecule has 2 atom stereocenters. The lowest BCUT2D eigenvalue weighted by atomic mass is 9.92. The van der Waals surface area contributed by atoms with Crippen LogP contribution in [0.3, 0.4) is 0 Å². The number of amides is 5. The molecule has 3 aromatic carbocycles. The molecule has 5 amide bonds. The Morgan fingerprint density at radius 3 is 2.42 bits per heavy atom. The number of nitrogens with two attached hydrogens (primary N) is 1. The number of aromatic nitrogens is 1. The van der Waals surface area contributed by atoms with E-state index in [0.717, 1.165) is 75.9 Å². The Hall–Kier alpha value is -5.58. The Labute approximate surface area is 363 Å². The van der Waals surface area contributed by atoms with Crippen LogP contribution in [0.2, 0.25) is 0 Å². The average molecular weight is 871 g/mol. The number of halogens is 2. The van der Waals surface area contributed by atoms with Gasteiger partial charge >= 0.3 is 0 Å². The van der Waals surface area contributed by atoms with Gasteiger partial charge in [0, 0.05) is 67.2 Å². The van der Waals surface area contributed by atoms with E-state index < -0.39 is 35.9 Å². The van der Waals surface area contributed by atoms with E-state index in [2.05, 4.69) is 15.2 Å². The number of piperidine rings is 1. The number of hydrogen-bond donors (Lipinski definition) is 4. The van der Waals surface area contributed by atoms with Crippen molar-refractivity contribution in [3.05, 3.63) is 83.6 Å². The molecule has 2 aliphatic heterocycles.